The van der Waals surface area contributed by atoms with Gasteiger partial charge in [-0.05, 0) is 30.5 Å². The van der Waals surface area contributed by atoms with Crippen LogP contribution in [0.3, 0.4) is 0 Å². The van der Waals surface area contributed by atoms with Crippen molar-refractivity contribution in [3.8, 4) is 11.5 Å². The first kappa shape index (κ1) is 15.8. The molecule has 0 saturated carbocycles. The van der Waals surface area contributed by atoms with Crippen LogP contribution in [0.25, 0.3) is 0 Å². The average molecular weight is 267 g/mol. The van der Waals surface area contributed by atoms with Crippen LogP contribution >= 0.6 is 0 Å². The molecule has 4 heteroatoms. The Morgan fingerprint density at radius 1 is 1.11 bits per heavy atom. The Bertz CT molecular complexity index is 382. The van der Waals surface area contributed by atoms with Crippen molar-refractivity contribution in [2.45, 2.75) is 38.8 Å². The molecule has 0 amide bonds. The van der Waals surface area contributed by atoms with Gasteiger partial charge in [0.2, 0.25) is 0 Å². The maximum Gasteiger partial charge on any atom is 0.161 e. The van der Waals surface area contributed by atoms with E-state index in [1.165, 1.54) is 0 Å². The Kier molecular flexibility index (Phi) is 6.67. The number of aliphatic hydroxyl groups excluding tert-OH is 1. The quantitative estimate of drug-likeness (QED) is 0.760. The normalized spacial score (nSPS) is 13.9. The largest absolute Gasteiger partial charge is 0.493 e. The van der Waals surface area contributed by atoms with E-state index < -0.39 is 0 Å². The highest BCUT2D eigenvalue weighted by molar-refractivity contribution is 5.43. The van der Waals surface area contributed by atoms with Gasteiger partial charge in [0.25, 0.3) is 0 Å². The van der Waals surface area contributed by atoms with Gasteiger partial charge in [-0.15, -0.1) is 0 Å². The van der Waals surface area contributed by atoms with Crippen LogP contribution in [0.1, 0.15) is 38.3 Å². The fourth-order valence-electron chi connectivity index (χ4n) is 1.99. The highest BCUT2D eigenvalue weighted by Gasteiger charge is 2.13. The fourth-order valence-corrected chi connectivity index (χ4v) is 1.99. The third kappa shape index (κ3) is 4.40. The van der Waals surface area contributed by atoms with Gasteiger partial charge < -0.3 is 19.9 Å². The molecule has 0 fully saturated rings. The summed E-state index contributed by atoms with van der Waals surface area (Å²) < 4.78 is 10.6. The van der Waals surface area contributed by atoms with Crippen molar-refractivity contribution in [3.05, 3.63) is 23.8 Å². The predicted molar refractivity (Wildman–Crippen MR) is 76.9 cm³/mol. The lowest BCUT2D eigenvalue weighted by molar-refractivity contribution is 0.162. The molecule has 0 bridgehead atoms. The van der Waals surface area contributed by atoms with E-state index in [0.717, 1.165) is 29.9 Å². The van der Waals surface area contributed by atoms with Gasteiger partial charge in [0.1, 0.15) is 0 Å². The average Bonchev–Trinajstić information content (AvgIpc) is 2.47. The van der Waals surface area contributed by atoms with Gasteiger partial charge in [-0.25, -0.2) is 0 Å². The van der Waals surface area contributed by atoms with Crippen LogP contribution in [0.15, 0.2) is 18.2 Å². The number of aliphatic hydroxyl groups is 1. The lowest BCUT2D eigenvalue weighted by Gasteiger charge is -2.20. The molecule has 19 heavy (non-hydrogen) atoms. The Balaban J connectivity index is 2.80. The molecule has 0 heterocycles. The van der Waals surface area contributed by atoms with E-state index in [1.54, 1.807) is 14.2 Å². The molecule has 0 aliphatic rings. The number of hydrogen-bond donors (Lipinski definition) is 2. The minimum absolute atomic E-state index is 0.209. The SMILES string of the molecule is CCC(O)CNC(CC)c1ccc(OC)c(OC)c1. The number of rotatable bonds is 8. The first-order chi connectivity index (χ1) is 9.15. The second kappa shape index (κ2) is 8.02. The monoisotopic (exact) mass is 267 g/mol. The van der Waals surface area contributed by atoms with Crippen molar-refractivity contribution in [3.63, 3.8) is 0 Å². The van der Waals surface area contributed by atoms with Gasteiger partial charge in [0.05, 0.1) is 20.3 Å². The lowest BCUT2D eigenvalue weighted by atomic mass is 10.0. The van der Waals surface area contributed by atoms with Gasteiger partial charge in [0, 0.05) is 12.6 Å². The summed E-state index contributed by atoms with van der Waals surface area (Å²) in [6.07, 6.45) is 1.41. The summed E-state index contributed by atoms with van der Waals surface area (Å²) in [4.78, 5) is 0. The summed E-state index contributed by atoms with van der Waals surface area (Å²) in [6.45, 7) is 4.69. The van der Waals surface area contributed by atoms with Crippen LogP contribution in [-0.2, 0) is 0 Å². The maximum atomic E-state index is 9.62. The van der Waals surface area contributed by atoms with E-state index in [4.69, 9.17) is 9.47 Å². The second-order valence-electron chi connectivity index (χ2n) is 4.55. The van der Waals surface area contributed by atoms with Gasteiger partial charge in [-0.3, -0.25) is 0 Å². The number of hydrogen-bond acceptors (Lipinski definition) is 4. The molecule has 2 atom stereocenters. The van der Waals surface area contributed by atoms with Crippen molar-refractivity contribution in [1.29, 1.82) is 0 Å². The first-order valence-corrected chi connectivity index (χ1v) is 6.79. The molecule has 0 saturated heterocycles. The first-order valence-electron chi connectivity index (χ1n) is 6.79. The van der Waals surface area contributed by atoms with Gasteiger partial charge in [-0.1, -0.05) is 19.9 Å². The fraction of sp³-hybridized carbons (Fsp3) is 0.600. The Morgan fingerprint density at radius 3 is 2.32 bits per heavy atom. The van der Waals surface area contributed by atoms with Crippen LogP contribution in [0.4, 0.5) is 0 Å². The summed E-state index contributed by atoms with van der Waals surface area (Å²) in [5.74, 6) is 1.46. The third-order valence-electron chi connectivity index (χ3n) is 3.29. The standard InChI is InChI=1S/C15H25NO3/c1-5-12(17)10-16-13(6-2)11-7-8-14(18-3)15(9-11)19-4/h7-9,12-13,16-17H,5-6,10H2,1-4H3. The third-order valence-corrected chi connectivity index (χ3v) is 3.29. The van der Waals surface area contributed by atoms with Crippen molar-refractivity contribution in [2.75, 3.05) is 20.8 Å². The molecule has 1 aromatic carbocycles. The van der Waals surface area contributed by atoms with Crippen LogP contribution in [-0.4, -0.2) is 32.0 Å². The van der Waals surface area contributed by atoms with E-state index in [1.807, 2.05) is 25.1 Å². The molecule has 0 spiro atoms. The van der Waals surface area contributed by atoms with Crippen molar-refractivity contribution in [1.82, 2.24) is 5.32 Å². The van der Waals surface area contributed by atoms with Gasteiger partial charge >= 0.3 is 0 Å². The maximum absolute atomic E-state index is 9.62. The van der Waals surface area contributed by atoms with Crippen molar-refractivity contribution < 1.29 is 14.6 Å². The molecule has 2 N–H and O–H groups in total. The summed E-state index contributed by atoms with van der Waals surface area (Å²) in [7, 11) is 3.27. The highest BCUT2D eigenvalue weighted by Crippen LogP contribution is 2.30. The molecular formula is C15H25NO3. The van der Waals surface area contributed by atoms with Crippen molar-refractivity contribution in [2.24, 2.45) is 0 Å². The lowest BCUT2D eigenvalue weighted by Crippen LogP contribution is -2.29. The van der Waals surface area contributed by atoms with Crippen LogP contribution in [0.5, 0.6) is 11.5 Å². The zero-order valence-electron chi connectivity index (χ0n) is 12.3. The number of benzene rings is 1. The van der Waals surface area contributed by atoms with Crippen LogP contribution in [0, 0.1) is 0 Å². The number of nitrogens with one attached hydrogen (secondary N) is 1. The van der Waals surface area contributed by atoms with Gasteiger partial charge in [0.15, 0.2) is 11.5 Å². The van der Waals surface area contributed by atoms with Crippen molar-refractivity contribution >= 4 is 0 Å². The molecule has 1 aromatic rings. The number of ether oxygens (including phenoxy) is 2. The Hall–Kier alpha value is -1.26. The molecule has 108 valence electrons. The van der Waals surface area contributed by atoms with E-state index in [-0.39, 0.29) is 12.1 Å². The molecular weight excluding hydrogens is 242 g/mol. The van der Waals surface area contributed by atoms with E-state index in [2.05, 4.69) is 12.2 Å². The molecule has 0 radical (unpaired) electrons. The molecule has 4 nitrogen and oxygen atoms in total. The minimum Gasteiger partial charge on any atom is -0.493 e. The summed E-state index contributed by atoms with van der Waals surface area (Å²) in [5, 5.41) is 13.0. The van der Waals surface area contributed by atoms with Gasteiger partial charge in [-0.2, -0.15) is 0 Å². The van der Waals surface area contributed by atoms with Crippen LogP contribution in [0.2, 0.25) is 0 Å². The topological polar surface area (TPSA) is 50.7 Å². The molecule has 0 aliphatic heterocycles. The van der Waals surface area contributed by atoms with E-state index in [0.29, 0.717) is 6.54 Å². The highest BCUT2D eigenvalue weighted by atomic mass is 16.5. The zero-order chi connectivity index (χ0) is 14.3. The summed E-state index contributed by atoms with van der Waals surface area (Å²) in [5.41, 5.74) is 1.14. The molecule has 0 aromatic heterocycles. The van der Waals surface area contributed by atoms with E-state index in [9.17, 15) is 5.11 Å². The zero-order valence-corrected chi connectivity index (χ0v) is 12.3. The van der Waals surface area contributed by atoms with Crippen LogP contribution < -0.4 is 14.8 Å². The molecule has 2 unspecified atom stereocenters. The molecule has 1 rings (SSSR count). The van der Waals surface area contributed by atoms with E-state index >= 15 is 0 Å². The Labute approximate surface area is 115 Å². The second-order valence-corrected chi connectivity index (χ2v) is 4.55. The predicted octanol–water partition coefficient (Wildman–Crippen LogP) is 2.52. The molecule has 0 aliphatic carbocycles. The number of methoxy groups -OCH3 is 2. The summed E-state index contributed by atoms with van der Waals surface area (Å²) in [6, 6.07) is 6.13. The Morgan fingerprint density at radius 2 is 1.79 bits per heavy atom. The minimum atomic E-state index is -0.297. The smallest absolute Gasteiger partial charge is 0.161 e. The summed E-state index contributed by atoms with van der Waals surface area (Å²) >= 11 is 0.